The summed E-state index contributed by atoms with van der Waals surface area (Å²) < 4.78 is 23.2. The van der Waals surface area contributed by atoms with E-state index in [1.54, 1.807) is 0 Å². The number of pyridine rings is 1. The summed E-state index contributed by atoms with van der Waals surface area (Å²) in [5.74, 6) is 0.0546. The van der Waals surface area contributed by atoms with E-state index in [1.807, 2.05) is 22.6 Å². The van der Waals surface area contributed by atoms with Gasteiger partial charge in [0.2, 0.25) is 5.88 Å². The van der Waals surface area contributed by atoms with Gasteiger partial charge in [-0.3, -0.25) is 0 Å². The van der Waals surface area contributed by atoms with Crippen molar-refractivity contribution in [3.05, 3.63) is 15.6 Å². The molecule has 1 aromatic rings. The van der Waals surface area contributed by atoms with Gasteiger partial charge in [0.25, 0.3) is 0 Å². The van der Waals surface area contributed by atoms with Gasteiger partial charge in [-0.15, -0.1) is 0 Å². The van der Waals surface area contributed by atoms with E-state index in [-0.39, 0.29) is 5.75 Å². The first-order valence-electron chi connectivity index (χ1n) is 3.12. The fraction of sp³-hybridized carbons (Fsp3) is 0.286. The molecule has 5 heteroatoms. The van der Waals surface area contributed by atoms with Crippen molar-refractivity contribution in [1.82, 2.24) is 4.98 Å². The van der Waals surface area contributed by atoms with Crippen molar-refractivity contribution in [1.29, 1.82) is 0 Å². The van der Waals surface area contributed by atoms with Gasteiger partial charge in [-0.05, 0) is 22.6 Å². The maximum atomic E-state index is 12.9. The molecule has 0 atom stereocenters. The van der Waals surface area contributed by atoms with E-state index < -0.39 is 5.82 Å². The third kappa shape index (κ3) is 1.60. The quantitative estimate of drug-likeness (QED) is 0.776. The predicted molar refractivity (Wildman–Crippen MR) is 50.0 cm³/mol. The molecule has 0 radical (unpaired) electrons. The van der Waals surface area contributed by atoms with Gasteiger partial charge in [0.15, 0.2) is 11.6 Å². The largest absolute Gasteiger partial charge is 0.492 e. The molecule has 0 unspecified atom stereocenters. The maximum absolute atomic E-state index is 12.9. The normalized spacial score (nSPS) is 9.67. The Balaban J connectivity index is 3.24. The summed E-state index contributed by atoms with van der Waals surface area (Å²) >= 11 is 1.91. The highest BCUT2D eigenvalue weighted by molar-refractivity contribution is 14.1. The monoisotopic (exact) mass is 283 g/mol. The summed E-state index contributed by atoms with van der Waals surface area (Å²) in [4.78, 5) is 3.72. The van der Waals surface area contributed by atoms with E-state index in [2.05, 4.69) is 4.98 Å². The van der Waals surface area contributed by atoms with Crippen molar-refractivity contribution in [2.24, 2.45) is 0 Å². The Labute approximate surface area is 83.0 Å². The third-order valence-electron chi connectivity index (χ3n) is 1.30. The maximum Gasteiger partial charge on any atom is 0.230 e. The summed E-state index contributed by atoms with van der Waals surface area (Å²) in [5, 5.41) is 0. The molecule has 0 amide bonds. The average molecular weight is 283 g/mol. The molecule has 0 aliphatic rings. The van der Waals surface area contributed by atoms with E-state index >= 15 is 0 Å². The summed E-state index contributed by atoms with van der Waals surface area (Å²) in [6.07, 6.45) is 1.07. The molecular weight excluding hydrogens is 276 g/mol. The molecule has 0 saturated heterocycles. The lowest BCUT2D eigenvalue weighted by Gasteiger charge is -2.06. The van der Waals surface area contributed by atoms with Crippen molar-refractivity contribution in [2.75, 3.05) is 14.2 Å². The van der Waals surface area contributed by atoms with Gasteiger partial charge in [-0.2, -0.15) is 0 Å². The number of nitrogens with zero attached hydrogens (tertiary/aromatic N) is 1. The molecule has 0 aliphatic carbocycles. The van der Waals surface area contributed by atoms with Crippen LogP contribution >= 0.6 is 22.6 Å². The first-order chi connectivity index (χ1) is 5.70. The van der Waals surface area contributed by atoms with Crippen LogP contribution in [0.4, 0.5) is 4.39 Å². The van der Waals surface area contributed by atoms with E-state index in [1.165, 1.54) is 14.2 Å². The zero-order chi connectivity index (χ0) is 9.14. The second-order valence-corrected chi connectivity index (χ2v) is 3.04. The Bertz CT molecular complexity index is 293. The van der Waals surface area contributed by atoms with Crippen LogP contribution in [0.1, 0.15) is 0 Å². The molecule has 3 nitrogen and oxygen atoms in total. The SMILES string of the molecule is COc1ncc(F)c(OC)c1I. The van der Waals surface area contributed by atoms with Crippen molar-refractivity contribution >= 4 is 22.6 Å². The minimum atomic E-state index is -0.484. The molecule has 1 aromatic heterocycles. The van der Waals surface area contributed by atoms with E-state index in [9.17, 15) is 4.39 Å². The smallest absolute Gasteiger partial charge is 0.230 e. The Morgan fingerprint density at radius 2 is 2.08 bits per heavy atom. The lowest BCUT2D eigenvalue weighted by Crippen LogP contribution is -1.97. The van der Waals surface area contributed by atoms with Crippen LogP contribution in [0.3, 0.4) is 0 Å². The van der Waals surface area contributed by atoms with Gasteiger partial charge < -0.3 is 9.47 Å². The topological polar surface area (TPSA) is 31.4 Å². The zero-order valence-corrected chi connectivity index (χ0v) is 8.75. The second-order valence-electron chi connectivity index (χ2n) is 1.96. The fourth-order valence-corrected chi connectivity index (χ4v) is 1.60. The third-order valence-corrected chi connectivity index (χ3v) is 2.25. The number of methoxy groups -OCH3 is 2. The van der Waals surface area contributed by atoms with E-state index in [0.29, 0.717) is 9.45 Å². The average Bonchev–Trinajstić information content (AvgIpc) is 2.06. The molecule has 0 bridgehead atoms. The molecule has 0 aromatic carbocycles. The summed E-state index contributed by atoms with van der Waals surface area (Å²) in [7, 11) is 2.88. The highest BCUT2D eigenvalue weighted by Crippen LogP contribution is 2.29. The lowest BCUT2D eigenvalue weighted by molar-refractivity contribution is 0.358. The number of halogens is 2. The Morgan fingerprint density at radius 3 is 2.58 bits per heavy atom. The van der Waals surface area contributed by atoms with E-state index in [0.717, 1.165) is 6.20 Å². The van der Waals surface area contributed by atoms with Crippen LogP contribution in [0.2, 0.25) is 0 Å². The van der Waals surface area contributed by atoms with Crippen molar-refractivity contribution in [2.45, 2.75) is 0 Å². The molecule has 1 heterocycles. The highest BCUT2D eigenvalue weighted by atomic mass is 127. The van der Waals surface area contributed by atoms with Crippen LogP contribution in [0.25, 0.3) is 0 Å². The highest BCUT2D eigenvalue weighted by Gasteiger charge is 2.12. The standard InChI is InChI=1S/C7H7FINO2/c1-11-6-4(8)3-10-7(12-2)5(6)9/h3H,1-2H3. The van der Waals surface area contributed by atoms with Crippen LogP contribution < -0.4 is 9.47 Å². The van der Waals surface area contributed by atoms with Gasteiger partial charge >= 0.3 is 0 Å². The van der Waals surface area contributed by atoms with Crippen molar-refractivity contribution < 1.29 is 13.9 Å². The first-order valence-corrected chi connectivity index (χ1v) is 4.20. The van der Waals surface area contributed by atoms with E-state index in [4.69, 9.17) is 9.47 Å². The molecule has 1 rings (SSSR count). The predicted octanol–water partition coefficient (Wildman–Crippen LogP) is 1.84. The Hall–Kier alpha value is -0.590. The summed E-state index contributed by atoms with van der Waals surface area (Å²) in [6.45, 7) is 0. The number of aromatic nitrogens is 1. The molecule has 0 N–H and O–H groups in total. The first kappa shape index (κ1) is 9.50. The van der Waals surface area contributed by atoms with Gasteiger partial charge in [-0.25, -0.2) is 9.37 Å². The van der Waals surface area contributed by atoms with Gasteiger partial charge in [0.05, 0.1) is 20.4 Å². The van der Waals surface area contributed by atoms with Crippen LogP contribution in [-0.4, -0.2) is 19.2 Å². The Kier molecular flexibility index (Phi) is 3.07. The molecule has 12 heavy (non-hydrogen) atoms. The number of ether oxygens (including phenoxy) is 2. The van der Waals surface area contributed by atoms with Crippen molar-refractivity contribution in [3.8, 4) is 11.6 Å². The molecule has 66 valence electrons. The lowest BCUT2D eigenvalue weighted by atomic mass is 10.4. The second kappa shape index (κ2) is 3.88. The molecule has 0 fully saturated rings. The minimum absolute atomic E-state index is 0.169. The number of hydrogen-bond donors (Lipinski definition) is 0. The van der Waals surface area contributed by atoms with Gasteiger partial charge in [-0.1, -0.05) is 0 Å². The zero-order valence-electron chi connectivity index (χ0n) is 6.60. The fourth-order valence-electron chi connectivity index (χ4n) is 0.762. The number of rotatable bonds is 2. The molecule has 0 saturated carbocycles. The Morgan fingerprint density at radius 1 is 1.42 bits per heavy atom. The van der Waals surface area contributed by atoms with Gasteiger partial charge in [0.1, 0.15) is 3.57 Å². The molecule has 0 spiro atoms. The summed E-state index contributed by atoms with van der Waals surface area (Å²) in [6, 6.07) is 0. The van der Waals surface area contributed by atoms with Crippen LogP contribution in [-0.2, 0) is 0 Å². The summed E-state index contributed by atoms with van der Waals surface area (Å²) in [5.41, 5.74) is 0. The molecular formula is C7H7FINO2. The minimum Gasteiger partial charge on any atom is -0.492 e. The van der Waals surface area contributed by atoms with Crippen molar-refractivity contribution in [3.63, 3.8) is 0 Å². The van der Waals surface area contributed by atoms with Gasteiger partial charge in [0, 0.05) is 0 Å². The number of hydrogen-bond acceptors (Lipinski definition) is 3. The van der Waals surface area contributed by atoms with Crippen LogP contribution in [0, 0.1) is 9.39 Å². The van der Waals surface area contributed by atoms with Crippen LogP contribution in [0.15, 0.2) is 6.20 Å². The van der Waals surface area contributed by atoms with Crippen LogP contribution in [0.5, 0.6) is 11.6 Å². The molecule has 0 aliphatic heterocycles.